The number of hydrogen-bond donors (Lipinski definition) is 0. The molecule has 1 amide bonds. The van der Waals surface area contributed by atoms with Gasteiger partial charge in [-0.05, 0) is 48.2 Å². The Morgan fingerprint density at radius 2 is 1.90 bits per heavy atom. The standard InChI is InChI=1S/C18H16N2O/c1-20(17-11-10-14-4-2-3-5-16(14)17)18(21)15-8-6-13(12-19)7-9-15/h2-9,17H,10-11H2,1H3. The highest BCUT2D eigenvalue weighted by Crippen LogP contribution is 2.35. The summed E-state index contributed by atoms with van der Waals surface area (Å²) in [5.74, 6) is 0.00110. The number of amides is 1. The summed E-state index contributed by atoms with van der Waals surface area (Å²) in [5.41, 5.74) is 3.78. The topological polar surface area (TPSA) is 44.1 Å². The van der Waals surface area contributed by atoms with Crippen molar-refractivity contribution in [2.75, 3.05) is 7.05 Å². The van der Waals surface area contributed by atoms with Gasteiger partial charge in [-0.3, -0.25) is 4.79 Å². The second kappa shape index (κ2) is 5.41. The van der Waals surface area contributed by atoms with E-state index < -0.39 is 0 Å². The molecule has 0 radical (unpaired) electrons. The Kier molecular flexibility index (Phi) is 3.45. The lowest BCUT2D eigenvalue weighted by Crippen LogP contribution is -2.30. The summed E-state index contributed by atoms with van der Waals surface area (Å²) in [5, 5.41) is 8.81. The molecule has 3 rings (SSSR count). The number of benzene rings is 2. The molecular formula is C18H16N2O. The van der Waals surface area contributed by atoms with E-state index in [-0.39, 0.29) is 11.9 Å². The van der Waals surface area contributed by atoms with E-state index in [2.05, 4.69) is 18.2 Å². The van der Waals surface area contributed by atoms with Gasteiger partial charge in [-0.2, -0.15) is 5.26 Å². The molecular weight excluding hydrogens is 260 g/mol. The second-order valence-corrected chi connectivity index (χ2v) is 5.36. The molecule has 21 heavy (non-hydrogen) atoms. The highest BCUT2D eigenvalue weighted by molar-refractivity contribution is 5.94. The minimum atomic E-state index is 0.00110. The molecule has 0 bridgehead atoms. The predicted octanol–water partition coefficient (Wildman–Crippen LogP) is 3.32. The van der Waals surface area contributed by atoms with Gasteiger partial charge >= 0.3 is 0 Å². The van der Waals surface area contributed by atoms with E-state index in [9.17, 15) is 4.79 Å². The van der Waals surface area contributed by atoms with E-state index in [0.717, 1.165) is 12.8 Å². The lowest BCUT2D eigenvalue weighted by molar-refractivity contribution is 0.0730. The minimum absolute atomic E-state index is 0.00110. The van der Waals surface area contributed by atoms with E-state index in [1.807, 2.05) is 24.1 Å². The van der Waals surface area contributed by atoms with Crippen LogP contribution in [0.15, 0.2) is 48.5 Å². The van der Waals surface area contributed by atoms with Gasteiger partial charge in [-0.25, -0.2) is 0 Å². The normalized spacial score (nSPS) is 16.1. The van der Waals surface area contributed by atoms with Gasteiger partial charge in [0.05, 0.1) is 17.7 Å². The quantitative estimate of drug-likeness (QED) is 0.844. The van der Waals surface area contributed by atoms with Crippen molar-refractivity contribution in [3.05, 3.63) is 70.8 Å². The highest BCUT2D eigenvalue weighted by atomic mass is 16.2. The van der Waals surface area contributed by atoms with Crippen molar-refractivity contribution in [2.24, 2.45) is 0 Å². The average Bonchev–Trinajstić information content (AvgIpc) is 2.97. The van der Waals surface area contributed by atoms with Gasteiger partial charge in [0.1, 0.15) is 0 Å². The molecule has 1 atom stereocenters. The smallest absolute Gasteiger partial charge is 0.254 e. The Bertz CT molecular complexity index is 713. The van der Waals surface area contributed by atoms with E-state index in [1.165, 1.54) is 11.1 Å². The summed E-state index contributed by atoms with van der Waals surface area (Å²) in [7, 11) is 1.85. The number of rotatable bonds is 2. The van der Waals surface area contributed by atoms with Crippen molar-refractivity contribution in [3.63, 3.8) is 0 Å². The van der Waals surface area contributed by atoms with Crippen molar-refractivity contribution in [3.8, 4) is 6.07 Å². The van der Waals surface area contributed by atoms with Crippen LogP contribution in [0.5, 0.6) is 0 Å². The Morgan fingerprint density at radius 1 is 1.19 bits per heavy atom. The molecule has 0 spiro atoms. The van der Waals surface area contributed by atoms with E-state index in [4.69, 9.17) is 5.26 Å². The summed E-state index contributed by atoms with van der Waals surface area (Å²) in [6, 6.07) is 17.3. The van der Waals surface area contributed by atoms with Gasteiger partial charge < -0.3 is 4.90 Å². The second-order valence-electron chi connectivity index (χ2n) is 5.36. The van der Waals surface area contributed by atoms with Crippen LogP contribution in [0.4, 0.5) is 0 Å². The molecule has 0 heterocycles. The van der Waals surface area contributed by atoms with E-state index in [0.29, 0.717) is 11.1 Å². The van der Waals surface area contributed by atoms with Crippen LogP contribution in [0.2, 0.25) is 0 Å². The average molecular weight is 276 g/mol. The van der Waals surface area contributed by atoms with Gasteiger partial charge in [0.2, 0.25) is 0 Å². The fourth-order valence-corrected chi connectivity index (χ4v) is 2.97. The number of hydrogen-bond acceptors (Lipinski definition) is 2. The zero-order valence-electron chi connectivity index (χ0n) is 11.9. The summed E-state index contributed by atoms with van der Waals surface area (Å²) in [4.78, 5) is 14.4. The number of fused-ring (bicyclic) bond motifs is 1. The molecule has 2 aromatic carbocycles. The summed E-state index contributed by atoms with van der Waals surface area (Å²) < 4.78 is 0. The molecule has 0 saturated carbocycles. The summed E-state index contributed by atoms with van der Waals surface area (Å²) >= 11 is 0. The third kappa shape index (κ3) is 2.41. The lowest BCUT2D eigenvalue weighted by atomic mass is 10.1. The number of aryl methyl sites for hydroxylation is 1. The Hall–Kier alpha value is -2.60. The number of nitriles is 1. The third-order valence-corrected chi connectivity index (χ3v) is 4.15. The molecule has 0 N–H and O–H groups in total. The van der Waals surface area contributed by atoms with E-state index in [1.54, 1.807) is 24.3 Å². The zero-order chi connectivity index (χ0) is 14.8. The first kappa shape index (κ1) is 13.4. The van der Waals surface area contributed by atoms with Crippen LogP contribution in [0.3, 0.4) is 0 Å². The highest BCUT2D eigenvalue weighted by Gasteiger charge is 2.28. The Morgan fingerprint density at radius 3 is 2.62 bits per heavy atom. The molecule has 2 aromatic rings. The molecule has 0 aliphatic heterocycles. The van der Waals surface area contributed by atoms with Crippen molar-refractivity contribution in [1.82, 2.24) is 4.90 Å². The van der Waals surface area contributed by atoms with Gasteiger partial charge in [0, 0.05) is 12.6 Å². The third-order valence-electron chi connectivity index (χ3n) is 4.15. The monoisotopic (exact) mass is 276 g/mol. The maximum Gasteiger partial charge on any atom is 0.254 e. The Labute approximate surface area is 124 Å². The number of nitrogens with zero attached hydrogens (tertiary/aromatic N) is 2. The SMILES string of the molecule is CN(C(=O)c1ccc(C#N)cc1)C1CCc2ccccc21. The maximum absolute atomic E-state index is 12.6. The van der Waals surface area contributed by atoms with Crippen molar-refractivity contribution < 1.29 is 4.79 Å². The fourth-order valence-electron chi connectivity index (χ4n) is 2.97. The molecule has 3 heteroatoms. The van der Waals surface area contributed by atoms with Gasteiger partial charge in [0.25, 0.3) is 5.91 Å². The first-order valence-electron chi connectivity index (χ1n) is 7.06. The van der Waals surface area contributed by atoms with Crippen LogP contribution in [0.1, 0.15) is 39.5 Å². The van der Waals surface area contributed by atoms with Crippen LogP contribution >= 0.6 is 0 Å². The number of carbonyl (C=O) groups is 1. The first-order chi connectivity index (χ1) is 10.2. The molecule has 0 saturated heterocycles. The largest absolute Gasteiger partial charge is 0.335 e. The van der Waals surface area contributed by atoms with Gasteiger partial charge in [-0.15, -0.1) is 0 Å². The predicted molar refractivity (Wildman–Crippen MR) is 80.8 cm³/mol. The van der Waals surface area contributed by atoms with Crippen LogP contribution in [-0.2, 0) is 6.42 Å². The molecule has 0 aromatic heterocycles. The minimum Gasteiger partial charge on any atom is -0.335 e. The maximum atomic E-state index is 12.6. The van der Waals surface area contributed by atoms with Crippen LogP contribution in [-0.4, -0.2) is 17.9 Å². The van der Waals surface area contributed by atoms with Crippen molar-refractivity contribution in [2.45, 2.75) is 18.9 Å². The number of carbonyl (C=O) groups excluding carboxylic acids is 1. The van der Waals surface area contributed by atoms with Gasteiger partial charge in [0.15, 0.2) is 0 Å². The zero-order valence-corrected chi connectivity index (χ0v) is 11.9. The summed E-state index contributed by atoms with van der Waals surface area (Å²) in [6.07, 6.45) is 1.99. The molecule has 3 nitrogen and oxygen atoms in total. The van der Waals surface area contributed by atoms with Crippen LogP contribution in [0.25, 0.3) is 0 Å². The Balaban J connectivity index is 1.84. The first-order valence-corrected chi connectivity index (χ1v) is 7.06. The van der Waals surface area contributed by atoms with Crippen molar-refractivity contribution in [1.29, 1.82) is 5.26 Å². The van der Waals surface area contributed by atoms with Gasteiger partial charge in [-0.1, -0.05) is 24.3 Å². The molecule has 104 valence electrons. The van der Waals surface area contributed by atoms with Crippen molar-refractivity contribution >= 4 is 5.91 Å². The molecule has 1 aliphatic carbocycles. The summed E-state index contributed by atoms with van der Waals surface area (Å²) in [6.45, 7) is 0. The van der Waals surface area contributed by atoms with E-state index >= 15 is 0 Å². The molecule has 0 fully saturated rings. The molecule has 1 unspecified atom stereocenters. The lowest BCUT2D eigenvalue weighted by Gasteiger charge is -2.25. The van der Waals surface area contributed by atoms with Crippen LogP contribution in [0, 0.1) is 11.3 Å². The molecule has 1 aliphatic rings. The fraction of sp³-hybridized carbons (Fsp3) is 0.222. The van der Waals surface area contributed by atoms with Crippen LogP contribution < -0.4 is 0 Å².